The normalized spacial score (nSPS) is 18.5. The van der Waals surface area contributed by atoms with E-state index in [1.54, 1.807) is 25.6 Å². The number of hydrogen-bond donors (Lipinski definition) is 1. The lowest BCUT2D eigenvalue weighted by atomic mass is 9.99. The van der Waals surface area contributed by atoms with Gasteiger partial charge in [-0.2, -0.15) is 0 Å². The summed E-state index contributed by atoms with van der Waals surface area (Å²) in [7, 11) is 3.30. The van der Waals surface area contributed by atoms with E-state index in [2.05, 4.69) is 26.4 Å². The number of benzene rings is 1. The molecular formula is C24H27N5O4S3. The van der Waals surface area contributed by atoms with Crippen molar-refractivity contribution in [2.24, 2.45) is 0 Å². The molecule has 0 aliphatic carbocycles. The smallest absolute Gasteiger partial charge is 0.196 e. The lowest BCUT2D eigenvalue weighted by molar-refractivity contribution is 0.187. The van der Waals surface area contributed by atoms with Gasteiger partial charge in [0.05, 0.1) is 29.4 Å². The highest BCUT2D eigenvalue weighted by Crippen LogP contribution is 2.39. The molecule has 0 bridgehead atoms. The maximum Gasteiger partial charge on any atom is 0.196 e. The molecule has 0 saturated carbocycles. The molecule has 0 amide bonds. The topological polar surface area (TPSA) is 86.8 Å². The maximum atomic E-state index is 6.26. The molecule has 5 heterocycles. The van der Waals surface area contributed by atoms with Crippen LogP contribution in [0.25, 0.3) is 22.4 Å². The zero-order valence-electron chi connectivity index (χ0n) is 20.2. The summed E-state index contributed by atoms with van der Waals surface area (Å²) in [5.41, 5.74) is 5.43. The zero-order valence-corrected chi connectivity index (χ0v) is 22.7. The fourth-order valence-corrected chi connectivity index (χ4v) is 6.83. The van der Waals surface area contributed by atoms with Gasteiger partial charge < -0.3 is 18.6 Å². The van der Waals surface area contributed by atoms with E-state index in [0.29, 0.717) is 35.4 Å². The van der Waals surface area contributed by atoms with Crippen molar-refractivity contribution in [2.75, 3.05) is 39.0 Å². The largest absolute Gasteiger partial charge is 0.496 e. The van der Waals surface area contributed by atoms with Gasteiger partial charge in [-0.3, -0.25) is 9.73 Å². The van der Waals surface area contributed by atoms with Crippen LogP contribution in [0.5, 0.6) is 11.5 Å². The Kier molecular flexibility index (Phi) is 6.78. The molecule has 0 radical (unpaired) electrons. The summed E-state index contributed by atoms with van der Waals surface area (Å²) in [5, 5.41) is 5.02. The van der Waals surface area contributed by atoms with Gasteiger partial charge in [0.1, 0.15) is 29.4 Å². The Hall–Kier alpha value is -2.38. The van der Waals surface area contributed by atoms with Gasteiger partial charge in [0.25, 0.3) is 0 Å². The lowest BCUT2D eigenvalue weighted by Crippen LogP contribution is -2.27. The Bertz CT molecular complexity index is 1340. The summed E-state index contributed by atoms with van der Waals surface area (Å²) in [4.78, 5) is 9.58. The molecule has 1 N–H and O–H groups in total. The number of piperidine rings is 1. The first-order valence-electron chi connectivity index (χ1n) is 11.7. The van der Waals surface area contributed by atoms with Crippen molar-refractivity contribution in [1.29, 1.82) is 0 Å². The second kappa shape index (κ2) is 10.2. The summed E-state index contributed by atoms with van der Waals surface area (Å²) < 4.78 is 27.5. The van der Waals surface area contributed by atoms with Gasteiger partial charge in [0.15, 0.2) is 16.5 Å². The number of thiazole rings is 1. The van der Waals surface area contributed by atoms with Crippen molar-refractivity contribution in [3.8, 4) is 23.0 Å². The minimum atomic E-state index is -0.143. The van der Waals surface area contributed by atoms with E-state index in [1.165, 1.54) is 16.8 Å². The van der Waals surface area contributed by atoms with Crippen LogP contribution in [0.15, 0.2) is 39.3 Å². The molecule has 36 heavy (non-hydrogen) atoms. The van der Waals surface area contributed by atoms with Crippen LogP contribution in [0, 0.1) is 0 Å². The van der Waals surface area contributed by atoms with Gasteiger partial charge >= 0.3 is 0 Å². The van der Waals surface area contributed by atoms with Gasteiger partial charge in [-0.05, 0) is 36.9 Å². The Balaban J connectivity index is 1.20. The molecule has 0 spiro atoms. The second-order valence-electron chi connectivity index (χ2n) is 8.59. The number of nitrogens with one attached hydrogen (secondary N) is 1. The number of nitrogens with zero attached hydrogens (tertiary/aromatic N) is 4. The van der Waals surface area contributed by atoms with Gasteiger partial charge in [0, 0.05) is 43.6 Å². The third-order valence-electron chi connectivity index (χ3n) is 6.41. The number of furan rings is 1. The van der Waals surface area contributed by atoms with Crippen molar-refractivity contribution in [3.05, 3.63) is 40.5 Å². The number of ether oxygens (including phenoxy) is 3. The third kappa shape index (κ3) is 4.68. The number of thioether (sulfide) groups is 1. The first-order chi connectivity index (χ1) is 17.6. The zero-order chi connectivity index (χ0) is 24.6. The monoisotopic (exact) mass is 545 g/mol. The minimum Gasteiger partial charge on any atom is -0.496 e. The summed E-state index contributed by atoms with van der Waals surface area (Å²) in [5.74, 6) is 2.57. The molecule has 190 valence electrons. The van der Waals surface area contributed by atoms with Crippen molar-refractivity contribution >= 4 is 46.0 Å². The van der Waals surface area contributed by atoms with Crippen molar-refractivity contribution in [1.82, 2.24) is 18.9 Å². The highest BCUT2D eigenvalue weighted by molar-refractivity contribution is 7.99. The van der Waals surface area contributed by atoms with Crippen LogP contribution >= 0.6 is 35.0 Å². The standard InChI is InChI=1S/C24H27N5O4S3/c1-30-16-8-19(32-12-15-13-35-22(25-15)14-4-6-28(34-3)7-5-14)17-10-21(33-20(17)9-16)18-11-29-23(26-18)36-24(27-29)31-2/h8-11,13-14,24,27H,4-7,12H2,1-3H3. The second-order valence-corrected chi connectivity index (χ2v) is 11.4. The van der Waals surface area contributed by atoms with Crippen LogP contribution in [0.4, 0.5) is 0 Å². The van der Waals surface area contributed by atoms with Gasteiger partial charge in [0.2, 0.25) is 0 Å². The first kappa shape index (κ1) is 24.0. The molecule has 3 aromatic heterocycles. The predicted octanol–water partition coefficient (Wildman–Crippen LogP) is 5.38. The number of hydrogen-bond acceptors (Lipinski definition) is 11. The van der Waals surface area contributed by atoms with E-state index in [1.807, 2.05) is 41.0 Å². The molecule has 12 heteroatoms. The van der Waals surface area contributed by atoms with Crippen LogP contribution in [0.3, 0.4) is 0 Å². The number of imidazole rings is 1. The Morgan fingerprint density at radius 1 is 1.19 bits per heavy atom. The molecule has 1 aromatic carbocycles. The number of fused-ring (bicyclic) bond motifs is 2. The molecule has 1 unspecified atom stereocenters. The fourth-order valence-electron chi connectivity index (χ4n) is 4.45. The predicted molar refractivity (Wildman–Crippen MR) is 144 cm³/mol. The Morgan fingerprint density at radius 2 is 2.06 bits per heavy atom. The molecule has 4 aromatic rings. The molecular weight excluding hydrogens is 518 g/mol. The third-order valence-corrected chi connectivity index (χ3v) is 9.36. The van der Waals surface area contributed by atoms with E-state index < -0.39 is 0 Å². The molecule has 1 saturated heterocycles. The van der Waals surface area contributed by atoms with Crippen molar-refractivity contribution < 1.29 is 18.6 Å². The van der Waals surface area contributed by atoms with E-state index in [4.69, 9.17) is 23.6 Å². The average molecular weight is 546 g/mol. The maximum absolute atomic E-state index is 6.26. The Morgan fingerprint density at radius 3 is 2.81 bits per heavy atom. The van der Waals surface area contributed by atoms with Gasteiger partial charge in [-0.15, -0.1) is 11.3 Å². The highest BCUT2D eigenvalue weighted by Gasteiger charge is 2.26. The molecule has 9 nitrogen and oxygen atoms in total. The quantitative estimate of drug-likeness (QED) is 0.291. The van der Waals surface area contributed by atoms with Gasteiger partial charge in [-0.1, -0.05) is 11.9 Å². The molecule has 2 aliphatic rings. The van der Waals surface area contributed by atoms with Crippen molar-refractivity contribution in [2.45, 2.75) is 36.1 Å². The number of methoxy groups -OCH3 is 2. The fraction of sp³-hybridized carbons (Fsp3) is 0.417. The van der Waals surface area contributed by atoms with Crippen LogP contribution < -0.4 is 14.9 Å². The van der Waals surface area contributed by atoms with Crippen LogP contribution in [-0.2, 0) is 11.3 Å². The average Bonchev–Trinajstić information content (AvgIpc) is 3.69. The van der Waals surface area contributed by atoms with E-state index in [-0.39, 0.29) is 5.56 Å². The summed E-state index contributed by atoms with van der Waals surface area (Å²) in [6.07, 6.45) is 6.35. The first-order valence-corrected chi connectivity index (χ1v) is 14.6. The SMILES string of the molecule is COc1cc(OCc2csc(C3CCN(SC)CC3)n2)c2cc(-c3cn4c(n3)SC(OC)N4)oc2c1. The van der Waals surface area contributed by atoms with Crippen molar-refractivity contribution in [3.63, 3.8) is 0 Å². The van der Waals surface area contributed by atoms with Crippen LogP contribution in [0.2, 0.25) is 0 Å². The Labute approximate surface area is 221 Å². The van der Waals surface area contributed by atoms with Gasteiger partial charge in [-0.25, -0.2) is 14.6 Å². The molecule has 1 atom stereocenters. The number of aromatic nitrogens is 3. The molecule has 1 fully saturated rings. The highest BCUT2D eigenvalue weighted by atomic mass is 32.2. The van der Waals surface area contributed by atoms with E-state index in [0.717, 1.165) is 47.9 Å². The minimum absolute atomic E-state index is 0.143. The molecule has 2 aliphatic heterocycles. The van der Waals surface area contributed by atoms with Crippen LogP contribution in [-0.4, -0.2) is 58.1 Å². The molecule has 6 rings (SSSR count). The summed E-state index contributed by atoms with van der Waals surface area (Å²) >= 11 is 5.08. The van der Waals surface area contributed by atoms with Crippen LogP contribution in [0.1, 0.15) is 29.5 Å². The van der Waals surface area contributed by atoms with E-state index >= 15 is 0 Å². The lowest BCUT2D eigenvalue weighted by Gasteiger charge is -2.28. The summed E-state index contributed by atoms with van der Waals surface area (Å²) in [6.45, 7) is 2.62. The number of rotatable bonds is 8. The van der Waals surface area contributed by atoms with E-state index in [9.17, 15) is 0 Å². The summed E-state index contributed by atoms with van der Waals surface area (Å²) in [6, 6.07) is 5.72.